The maximum absolute atomic E-state index is 10.1. The predicted octanol–water partition coefficient (Wildman–Crippen LogP) is 3.47. The third-order valence-electron chi connectivity index (χ3n) is 3.70. The van der Waals surface area contributed by atoms with Crippen molar-refractivity contribution < 1.29 is 5.11 Å². The van der Waals surface area contributed by atoms with E-state index in [0.717, 1.165) is 6.42 Å². The summed E-state index contributed by atoms with van der Waals surface area (Å²) in [5.74, 6) is 1.32. The van der Waals surface area contributed by atoms with Gasteiger partial charge in [-0.3, -0.25) is 0 Å². The molecule has 0 aromatic carbocycles. The van der Waals surface area contributed by atoms with Gasteiger partial charge >= 0.3 is 0 Å². The molecule has 0 saturated carbocycles. The fourth-order valence-corrected chi connectivity index (χ4v) is 2.74. The fraction of sp³-hybridized carbons (Fsp3) is 0.600. The van der Waals surface area contributed by atoms with E-state index in [1.165, 1.54) is 19.3 Å². The van der Waals surface area contributed by atoms with E-state index in [1.54, 1.807) is 0 Å². The van der Waals surface area contributed by atoms with Gasteiger partial charge in [-0.2, -0.15) is 0 Å². The topological polar surface area (TPSA) is 20.2 Å². The summed E-state index contributed by atoms with van der Waals surface area (Å²) in [5, 5.41) is 10.1. The highest BCUT2D eigenvalue weighted by atomic mass is 16.3. The average Bonchev–Trinajstić information content (AvgIpc) is 2.88. The van der Waals surface area contributed by atoms with Crippen LogP contribution in [0.25, 0.3) is 0 Å². The molecule has 0 fully saturated rings. The van der Waals surface area contributed by atoms with Gasteiger partial charge in [-0.15, -0.1) is 0 Å². The lowest BCUT2D eigenvalue weighted by atomic mass is 9.89. The molecule has 2 rings (SSSR count). The molecule has 0 heterocycles. The number of rotatable bonds is 6. The Bertz CT molecular complexity index is 271. The van der Waals surface area contributed by atoms with Crippen LogP contribution in [0.3, 0.4) is 0 Å². The van der Waals surface area contributed by atoms with E-state index in [2.05, 4.69) is 37.3 Å². The van der Waals surface area contributed by atoms with Gasteiger partial charge in [0, 0.05) is 17.8 Å². The van der Waals surface area contributed by atoms with E-state index in [9.17, 15) is 5.11 Å². The fourth-order valence-electron chi connectivity index (χ4n) is 2.74. The predicted molar refractivity (Wildman–Crippen MR) is 68.0 cm³/mol. The summed E-state index contributed by atoms with van der Waals surface area (Å²) in [6.07, 6.45) is 17.7. The normalized spacial score (nSPS) is 33.0. The Morgan fingerprint density at radius 1 is 1.12 bits per heavy atom. The van der Waals surface area contributed by atoms with E-state index < -0.39 is 0 Å². The van der Waals surface area contributed by atoms with Crippen LogP contribution in [0.2, 0.25) is 0 Å². The molecule has 1 heteroatoms. The minimum atomic E-state index is -0.276. The van der Waals surface area contributed by atoms with Crippen molar-refractivity contribution in [2.24, 2.45) is 17.8 Å². The maximum atomic E-state index is 10.1. The summed E-state index contributed by atoms with van der Waals surface area (Å²) in [4.78, 5) is 0. The van der Waals surface area contributed by atoms with Gasteiger partial charge in [-0.25, -0.2) is 0 Å². The molecule has 0 aromatic heterocycles. The first-order valence-electron chi connectivity index (χ1n) is 6.54. The summed E-state index contributed by atoms with van der Waals surface area (Å²) in [6.45, 7) is 2.21. The number of hydrogen-bond acceptors (Lipinski definition) is 1. The van der Waals surface area contributed by atoms with E-state index in [-0.39, 0.29) is 6.10 Å². The van der Waals surface area contributed by atoms with Gasteiger partial charge in [0.05, 0.1) is 6.10 Å². The van der Waals surface area contributed by atoms with Crippen molar-refractivity contribution in [2.75, 3.05) is 0 Å². The molecule has 1 N–H and O–H groups in total. The molecule has 2 aliphatic rings. The van der Waals surface area contributed by atoms with Gasteiger partial charge in [0.25, 0.3) is 0 Å². The zero-order valence-electron chi connectivity index (χ0n) is 10.0. The lowest BCUT2D eigenvalue weighted by molar-refractivity contribution is 0.134. The molecule has 0 amide bonds. The van der Waals surface area contributed by atoms with Crippen LogP contribution in [-0.4, -0.2) is 11.2 Å². The molecule has 0 aromatic rings. The molecule has 2 bridgehead atoms. The van der Waals surface area contributed by atoms with Gasteiger partial charge in [-0.1, -0.05) is 56.2 Å². The van der Waals surface area contributed by atoms with E-state index in [1.807, 2.05) is 6.08 Å². The largest absolute Gasteiger partial charge is 0.389 e. The van der Waals surface area contributed by atoms with Gasteiger partial charge in [-0.05, 0) is 12.8 Å². The molecule has 0 radical (unpaired) electrons. The first kappa shape index (κ1) is 11.7. The summed E-state index contributed by atoms with van der Waals surface area (Å²) in [6, 6.07) is 0. The van der Waals surface area contributed by atoms with Crippen LogP contribution in [-0.2, 0) is 0 Å². The lowest BCUT2D eigenvalue weighted by Crippen LogP contribution is -2.23. The Labute approximate surface area is 98.6 Å². The van der Waals surface area contributed by atoms with Crippen molar-refractivity contribution in [3.8, 4) is 0 Å². The standard InChI is InChI=1S/C15H22O/c1-2-3-4-5-6-7-14(16)15-12-8-9-13(15)11-10-12/h6-16H,2-5H2,1H3/b7-6+. The van der Waals surface area contributed by atoms with Crippen molar-refractivity contribution in [1.29, 1.82) is 0 Å². The Hall–Kier alpha value is -0.820. The van der Waals surface area contributed by atoms with Crippen LogP contribution < -0.4 is 0 Å². The van der Waals surface area contributed by atoms with Crippen LogP contribution in [0.4, 0.5) is 0 Å². The molecule has 0 aliphatic heterocycles. The van der Waals surface area contributed by atoms with Crippen molar-refractivity contribution in [3.05, 3.63) is 36.5 Å². The smallest absolute Gasteiger partial charge is 0.0766 e. The minimum absolute atomic E-state index is 0.276. The van der Waals surface area contributed by atoms with Crippen LogP contribution >= 0.6 is 0 Å². The van der Waals surface area contributed by atoms with Crippen LogP contribution in [0.5, 0.6) is 0 Å². The van der Waals surface area contributed by atoms with Gasteiger partial charge in [0.1, 0.15) is 0 Å². The second kappa shape index (κ2) is 5.49. The van der Waals surface area contributed by atoms with Crippen LogP contribution in [0, 0.1) is 17.8 Å². The van der Waals surface area contributed by atoms with Crippen molar-refractivity contribution in [2.45, 2.75) is 38.7 Å². The number of fused-ring (bicyclic) bond motifs is 2. The molecule has 0 spiro atoms. The molecule has 1 unspecified atom stereocenters. The molecule has 2 aliphatic carbocycles. The number of hydrogen-bond donors (Lipinski definition) is 1. The molecule has 1 atom stereocenters. The average molecular weight is 218 g/mol. The third-order valence-corrected chi connectivity index (χ3v) is 3.70. The number of aliphatic hydroxyl groups is 1. The second-order valence-corrected chi connectivity index (χ2v) is 4.92. The highest BCUT2D eigenvalue weighted by Crippen LogP contribution is 2.41. The Morgan fingerprint density at radius 3 is 2.31 bits per heavy atom. The molecular formula is C15H22O. The molecule has 0 saturated heterocycles. The Balaban J connectivity index is 1.74. The number of unbranched alkanes of at least 4 members (excludes halogenated alkanes) is 3. The van der Waals surface area contributed by atoms with Crippen LogP contribution in [0.1, 0.15) is 32.6 Å². The Kier molecular flexibility index (Phi) is 4.00. The van der Waals surface area contributed by atoms with Gasteiger partial charge < -0.3 is 5.11 Å². The van der Waals surface area contributed by atoms with Crippen molar-refractivity contribution in [3.63, 3.8) is 0 Å². The zero-order valence-corrected chi connectivity index (χ0v) is 10.0. The van der Waals surface area contributed by atoms with Crippen molar-refractivity contribution >= 4 is 0 Å². The molecule has 88 valence electrons. The first-order valence-corrected chi connectivity index (χ1v) is 6.54. The monoisotopic (exact) mass is 218 g/mol. The molecular weight excluding hydrogens is 196 g/mol. The Morgan fingerprint density at radius 2 is 1.75 bits per heavy atom. The van der Waals surface area contributed by atoms with Crippen molar-refractivity contribution in [1.82, 2.24) is 0 Å². The minimum Gasteiger partial charge on any atom is -0.389 e. The number of aliphatic hydroxyl groups excluding tert-OH is 1. The second-order valence-electron chi connectivity index (χ2n) is 4.92. The van der Waals surface area contributed by atoms with E-state index >= 15 is 0 Å². The first-order chi connectivity index (χ1) is 7.83. The number of allylic oxidation sites excluding steroid dienone is 5. The molecule has 16 heavy (non-hydrogen) atoms. The quantitative estimate of drug-likeness (QED) is 0.534. The van der Waals surface area contributed by atoms with Crippen LogP contribution in [0.15, 0.2) is 36.5 Å². The summed E-state index contributed by atoms with van der Waals surface area (Å²) in [7, 11) is 0. The van der Waals surface area contributed by atoms with Gasteiger partial charge in [0.15, 0.2) is 0 Å². The molecule has 1 nitrogen and oxygen atoms in total. The van der Waals surface area contributed by atoms with Gasteiger partial charge in [0.2, 0.25) is 0 Å². The summed E-state index contributed by atoms with van der Waals surface area (Å²) < 4.78 is 0. The summed E-state index contributed by atoms with van der Waals surface area (Å²) >= 11 is 0. The zero-order chi connectivity index (χ0) is 11.4. The van der Waals surface area contributed by atoms with E-state index in [4.69, 9.17) is 0 Å². The highest BCUT2D eigenvalue weighted by molar-refractivity contribution is 5.27. The summed E-state index contributed by atoms with van der Waals surface area (Å²) in [5.41, 5.74) is 0. The maximum Gasteiger partial charge on any atom is 0.0766 e. The van der Waals surface area contributed by atoms with E-state index in [0.29, 0.717) is 17.8 Å². The highest BCUT2D eigenvalue weighted by Gasteiger charge is 2.36. The lowest BCUT2D eigenvalue weighted by Gasteiger charge is -2.20. The third kappa shape index (κ3) is 2.46. The SMILES string of the molecule is CCCCC/C=C/C(O)C1C2C=CC1C=C2.